The quantitative estimate of drug-likeness (QED) is 0.806. The van der Waals surface area contributed by atoms with E-state index in [-0.39, 0.29) is 29.6 Å². The van der Waals surface area contributed by atoms with E-state index in [1.807, 2.05) is 32.0 Å². The molecule has 5 heteroatoms. The van der Waals surface area contributed by atoms with Gasteiger partial charge < -0.3 is 5.32 Å². The molecule has 2 aromatic carbocycles. The van der Waals surface area contributed by atoms with Crippen molar-refractivity contribution < 1.29 is 14.4 Å². The third-order valence-corrected chi connectivity index (χ3v) is 6.80. The molecule has 5 nitrogen and oxygen atoms in total. The van der Waals surface area contributed by atoms with Gasteiger partial charge in [0.2, 0.25) is 11.8 Å². The summed E-state index contributed by atoms with van der Waals surface area (Å²) in [5.41, 5.74) is 3.57. The summed E-state index contributed by atoms with van der Waals surface area (Å²) in [6, 6.07) is 12.8. The minimum Gasteiger partial charge on any atom is -0.322 e. The molecule has 2 aliphatic carbocycles. The van der Waals surface area contributed by atoms with Crippen molar-refractivity contribution in [3.63, 3.8) is 0 Å². The van der Waals surface area contributed by atoms with E-state index in [4.69, 9.17) is 0 Å². The van der Waals surface area contributed by atoms with Crippen LogP contribution in [0.5, 0.6) is 0 Å². The second kappa shape index (κ2) is 6.55. The fourth-order valence-electron chi connectivity index (χ4n) is 5.75. The molecule has 148 valence electrons. The number of fused-ring (bicyclic) bond motifs is 5. The molecule has 1 saturated heterocycles. The molecule has 3 fully saturated rings. The van der Waals surface area contributed by atoms with E-state index in [1.165, 1.54) is 4.90 Å². The van der Waals surface area contributed by atoms with Gasteiger partial charge in [0.05, 0.1) is 23.1 Å². The molecule has 0 spiro atoms. The third-order valence-electron chi connectivity index (χ3n) is 6.80. The van der Waals surface area contributed by atoms with Gasteiger partial charge in [0.25, 0.3) is 5.91 Å². The van der Waals surface area contributed by atoms with Crippen LogP contribution in [0.2, 0.25) is 0 Å². The Kier molecular flexibility index (Phi) is 4.09. The van der Waals surface area contributed by atoms with Crippen molar-refractivity contribution in [2.45, 2.75) is 33.1 Å². The molecular formula is C24H24N2O3. The Morgan fingerprint density at radius 2 is 1.52 bits per heavy atom. The molecule has 1 N–H and O–H groups in total. The number of hydrogen-bond acceptors (Lipinski definition) is 3. The average molecular weight is 388 g/mol. The zero-order valence-electron chi connectivity index (χ0n) is 16.6. The number of carbonyl (C=O) groups excluding carboxylic acids is 3. The SMILES string of the molecule is Cc1cc(C)cc(NC(=O)c2ccccc2N2C(=O)[C@H]3[C@H]4CC[C@@H](C4)[C@@H]3C2=O)c1. The van der Waals surface area contributed by atoms with Crippen LogP contribution in [0.3, 0.4) is 0 Å². The number of para-hydroxylation sites is 1. The Hall–Kier alpha value is -2.95. The van der Waals surface area contributed by atoms with Crippen LogP contribution in [-0.2, 0) is 9.59 Å². The lowest BCUT2D eigenvalue weighted by atomic mass is 9.81. The van der Waals surface area contributed by atoms with Crippen molar-refractivity contribution in [2.75, 3.05) is 10.2 Å². The van der Waals surface area contributed by atoms with Crippen molar-refractivity contribution in [1.82, 2.24) is 0 Å². The van der Waals surface area contributed by atoms with Crippen molar-refractivity contribution in [2.24, 2.45) is 23.7 Å². The van der Waals surface area contributed by atoms with E-state index < -0.39 is 0 Å². The monoisotopic (exact) mass is 388 g/mol. The Morgan fingerprint density at radius 1 is 0.931 bits per heavy atom. The standard InChI is InChI=1S/C24H24N2O3/c1-13-9-14(2)11-17(10-13)25-22(27)18-5-3-4-6-19(18)26-23(28)20-15-7-8-16(12-15)21(20)24(26)29/h3-6,9-11,15-16,20-21H,7-8,12H2,1-2H3,(H,25,27)/t15-,16-,20-,21-/m0/s1. The summed E-state index contributed by atoms with van der Waals surface area (Å²) in [6.45, 7) is 3.95. The maximum absolute atomic E-state index is 13.2. The number of amides is 3. The molecule has 0 unspecified atom stereocenters. The van der Waals surface area contributed by atoms with Crippen molar-refractivity contribution in [1.29, 1.82) is 0 Å². The molecule has 4 atom stereocenters. The van der Waals surface area contributed by atoms with Crippen LogP contribution in [0.1, 0.15) is 40.7 Å². The predicted octanol–water partition coefficient (Wildman–Crippen LogP) is 4.09. The Morgan fingerprint density at radius 3 is 2.14 bits per heavy atom. The number of nitrogens with one attached hydrogen (secondary N) is 1. The first-order valence-corrected chi connectivity index (χ1v) is 10.3. The smallest absolute Gasteiger partial charge is 0.257 e. The van der Waals surface area contributed by atoms with Gasteiger partial charge in [-0.25, -0.2) is 4.90 Å². The lowest BCUT2D eigenvalue weighted by Crippen LogP contribution is -2.34. The number of carbonyl (C=O) groups is 3. The highest BCUT2D eigenvalue weighted by Gasteiger charge is 2.61. The number of anilines is 2. The Labute approximate surface area is 170 Å². The largest absolute Gasteiger partial charge is 0.322 e. The maximum Gasteiger partial charge on any atom is 0.257 e. The molecule has 2 bridgehead atoms. The molecule has 1 heterocycles. The summed E-state index contributed by atoms with van der Waals surface area (Å²) in [4.78, 5) is 40.7. The molecule has 1 aliphatic heterocycles. The van der Waals surface area contributed by atoms with E-state index in [1.54, 1.807) is 24.3 Å². The number of nitrogens with zero attached hydrogens (tertiary/aromatic N) is 1. The van der Waals surface area contributed by atoms with E-state index >= 15 is 0 Å². The van der Waals surface area contributed by atoms with Crippen LogP contribution in [-0.4, -0.2) is 17.7 Å². The van der Waals surface area contributed by atoms with Crippen molar-refractivity contribution >= 4 is 29.1 Å². The van der Waals surface area contributed by atoms with Crippen molar-refractivity contribution in [3.8, 4) is 0 Å². The summed E-state index contributed by atoms with van der Waals surface area (Å²) < 4.78 is 0. The molecule has 2 aromatic rings. The van der Waals surface area contributed by atoms with Crippen molar-refractivity contribution in [3.05, 3.63) is 59.2 Å². The van der Waals surface area contributed by atoms with Gasteiger partial charge >= 0.3 is 0 Å². The maximum atomic E-state index is 13.2. The first-order valence-electron chi connectivity index (χ1n) is 10.3. The van der Waals surface area contributed by atoms with Gasteiger partial charge in [0.15, 0.2) is 0 Å². The average Bonchev–Trinajstić information content (AvgIpc) is 3.35. The van der Waals surface area contributed by atoms with E-state index in [2.05, 4.69) is 5.32 Å². The molecule has 0 aromatic heterocycles. The van der Waals surface area contributed by atoms with E-state index in [0.717, 1.165) is 30.4 Å². The molecule has 3 amide bonds. The highest BCUT2D eigenvalue weighted by Crippen LogP contribution is 2.56. The van der Waals surface area contributed by atoms with Crippen LogP contribution in [0.4, 0.5) is 11.4 Å². The van der Waals surface area contributed by atoms with Crippen LogP contribution >= 0.6 is 0 Å². The fraction of sp³-hybridized carbons (Fsp3) is 0.375. The van der Waals surface area contributed by atoms with Gasteiger partial charge in [-0.3, -0.25) is 14.4 Å². The zero-order chi connectivity index (χ0) is 20.3. The third kappa shape index (κ3) is 2.79. The first-order chi connectivity index (χ1) is 13.9. The molecule has 3 aliphatic rings. The van der Waals surface area contributed by atoms with Gasteiger partial charge in [-0.2, -0.15) is 0 Å². The molecule has 29 heavy (non-hydrogen) atoms. The second-order valence-corrected chi connectivity index (χ2v) is 8.74. The number of benzene rings is 2. The second-order valence-electron chi connectivity index (χ2n) is 8.74. The topological polar surface area (TPSA) is 66.5 Å². The summed E-state index contributed by atoms with van der Waals surface area (Å²) in [5.74, 6) is -0.317. The number of aryl methyl sites for hydroxylation is 2. The number of rotatable bonds is 3. The first kappa shape index (κ1) is 18.1. The molecular weight excluding hydrogens is 364 g/mol. The van der Waals surface area contributed by atoms with Gasteiger partial charge in [-0.05, 0) is 80.3 Å². The van der Waals surface area contributed by atoms with Gasteiger partial charge in [-0.15, -0.1) is 0 Å². The predicted molar refractivity (Wildman–Crippen MR) is 111 cm³/mol. The van der Waals surface area contributed by atoms with Crippen LogP contribution in [0.25, 0.3) is 0 Å². The lowest BCUT2D eigenvalue weighted by molar-refractivity contribution is -0.123. The number of hydrogen-bond donors (Lipinski definition) is 1. The van der Waals surface area contributed by atoms with Gasteiger partial charge in [0.1, 0.15) is 0 Å². The number of imide groups is 1. The van der Waals surface area contributed by atoms with Crippen LogP contribution in [0, 0.1) is 37.5 Å². The molecule has 0 radical (unpaired) electrons. The Bertz CT molecular complexity index is 996. The van der Waals surface area contributed by atoms with Crippen LogP contribution < -0.4 is 10.2 Å². The summed E-state index contributed by atoms with van der Waals surface area (Å²) in [5, 5.41) is 2.93. The lowest BCUT2D eigenvalue weighted by Gasteiger charge is -2.20. The minimum atomic E-state index is -0.314. The normalized spacial score (nSPS) is 27.4. The summed E-state index contributed by atoms with van der Waals surface area (Å²) >= 11 is 0. The summed E-state index contributed by atoms with van der Waals surface area (Å²) in [6.07, 6.45) is 3.07. The van der Waals surface area contributed by atoms with Gasteiger partial charge in [0, 0.05) is 5.69 Å². The highest BCUT2D eigenvalue weighted by atomic mass is 16.2. The molecule has 5 rings (SSSR count). The van der Waals surface area contributed by atoms with Gasteiger partial charge in [-0.1, -0.05) is 18.2 Å². The fourth-order valence-corrected chi connectivity index (χ4v) is 5.75. The Balaban J connectivity index is 1.48. The minimum absolute atomic E-state index is 0.126. The zero-order valence-corrected chi connectivity index (χ0v) is 16.6. The summed E-state index contributed by atoms with van der Waals surface area (Å²) in [7, 11) is 0. The van der Waals surface area contributed by atoms with E-state index in [9.17, 15) is 14.4 Å². The van der Waals surface area contributed by atoms with Crippen LogP contribution in [0.15, 0.2) is 42.5 Å². The van der Waals surface area contributed by atoms with E-state index in [0.29, 0.717) is 28.8 Å². The molecule has 2 saturated carbocycles. The highest BCUT2D eigenvalue weighted by molar-refractivity contribution is 6.25.